The SMILES string of the molecule is Cc1cccc(NC(=O)C(=O)C=C(O)c2ccc(Cl)cc2)c1. The third kappa shape index (κ3) is 4.20. The second kappa shape index (κ2) is 6.91. The first-order valence-electron chi connectivity index (χ1n) is 6.54. The lowest BCUT2D eigenvalue weighted by Crippen LogP contribution is -2.21. The number of rotatable bonds is 4. The van der Waals surface area contributed by atoms with Gasteiger partial charge in [0.25, 0.3) is 5.91 Å². The lowest BCUT2D eigenvalue weighted by atomic mass is 10.1. The fourth-order valence-electron chi connectivity index (χ4n) is 1.81. The number of nitrogens with one attached hydrogen (secondary N) is 1. The van der Waals surface area contributed by atoms with Crippen LogP contribution in [0, 0.1) is 6.92 Å². The van der Waals surface area contributed by atoms with Gasteiger partial charge in [0.2, 0.25) is 5.78 Å². The van der Waals surface area contributed by atoms with Gasteiger partial charge in [0.15, 0.2) is 0 Å². The zero-order valence-corrected chi connectivity index (χ0v) is 12.6. The molecule has 112 valence electrons. The molecule has 0 bridgehead atoms. The van der Waals surface area contributed by atoms with Gasteiger partial charge in [-0.2, -0.15) is 0 Å². The summed E-state index contributed by atoms with van der Waals surface area (Å²) in [4.78, 5) is 23.6. The number of aliphatic hydroxyl groups excluding tert-OH is 1. The minimum atomic E-state index is -0.839. The van der Waals surface area contributed by atoms with Gasteiger partial charge in [-0.3, -0.25) is 9.59 Å². The molecule has 0 radical (unpaired) electrons. The first-order chi connectivity index (χ1) is 10.5. The van der Waals surface area contributed by atoms with Crippen LogP contribution >= 0.6 is 11.6 Å². The molecule has 0 unspecified atom stereocenters. The van der Waals surface area contributed by atoms with Crippen molar-refractivity contribution in [2.75, 3.05) is 5.32 Å². The molecule has 0 aliphatic rings. The van der Waals surface area contributed by atoms with Gasteiger partial charge >= 0.3 is 0 Å². The number of ketones is 1. The summed E-state index contributed by atoms with van der Waals surface area (Å²) in [7, 11) is 0. The number of benzene rings is 2. The molecule has 4 nitrogen and oxygen atoms in total. The van der Waals surface area contributed by atoms with E-state index in [1.165, 1.54) is 0 Å². The van der Waals surface area contributed by atoms with E-state index >= 15 is 0 Å². The number of carbonyl (C=O) groups is 2. The molecule has 0 aliphatic carbocycles. The average Bonchev–Trinajstić information content (AvgIpc) is 2.47. The number of anilines is 1. The summed E-state index contributed by atoms with van der Waals surface area (Å²) in [5.41, 5.74) is 1.89. The molecule has 5 heteroatoms. The van der Waals surface area contributed by atoms with Gasteiger partial charge in [-0.15, -0.1) is 0 Å². The maximum Gasteiger partial charge on any atom is 0.296 e. The molecule has 2 aromatic rings. The second-order valence-corrected chi connectivity index (χ2v) is 5.16. The third-order valence-electron chi connectivity index (χ3n) is 2.91. The smallest absolute Gasteiger partial charge is 0.296 e. The number of aryl methyl sites for hydroxylation is 1. The number of hydrogen-bond donors (Lipinski definition) is 2. The van der Waals surface area contributed by atoms with Gasteiger partial charge in [-0.05, 0) is 48.9 Å². The van der Waals surface area contributed by atoms with E-state index < -0.39 is 11.7 Å². The van der Waals surface area contributed by atoms with Crippen LogP contribution in [0.3, 0.4) is 0 Å². The molecular weight excluding hydrogens is 302 g/mol. The third-order valence-corrected chi connectivity index (χ3v) is 3.16. The topological polar surface area (TPSA) is 66.4 Å². The first kappa shape index (κ1) is 15.8. The van der Waals surface area contributed by atoms with Crippen LogP contribution in [0.2, 0.25) is 5.02 Å². The minimum Gasteiger partial charge on any atom is -0.507 e. The van der Waals surface area contributed by atoms with Crippen molar-refractivity contribution in [2.45, 2.75) is 6.92 Å². The molecule has 0 aliphatic heterocycles. The van der Waals surface area contributed by atoms with Crippen molar-refractivity contribution in [1.29, 1.82) is 0 Å². The molecule has 2 N–H and O–H groups in total. The fraction of sp³-hybridized carbons (Fsp3) is 0.0588. The Hall–Kier alpha value is -2.59. The summed E-state index contributed by atoms with van der Waals surface area (Å²) in [6.45, 7) is 1.88. The highest BCUT2D eigenvalue weighted by Gasteiger charge is 2.13. The summed E-state index contributed by atoms with van der Waals surface area (Å²) >= 11 is 5.74. The molecule has 1 amide bonds. The zero-order chi connectivity index (χ0) is 16.1. The Morgan fingerprint density at radius 3 is 2.45 bits per heavy atom. The quantitative estimate of drug-likeness (QED) is 0.513. The van der Waals surface area contributed by atoms with E-state index in [0.717, 1.165) is 11.6 Å². The Bertz CT molecular complexity index is 736. The van der Waals surface area contributed by atoms with Crippen LogP contribution in [0.1, 0.15) is 11.1 Å². The first-order valence-corrected chi connectivity index (χ1v) is 6.92. The number of carbonyl (C=O) groups excluding carboxylic acids is 2. The normalized spacial score (nSPS) is 11.1. The van der Waals surface area contributed by atoms with E-state index in [1.54, 1.807) is 42.5 Å². The van der Waals surface area contributed by atoms with E-state index in [4.69, 9.17) is 11.6 Å². The average molecular weight is 316 g/mol. The molecule has 22 heavy (non-hydrogen) atoms. The monoisotopic (exact) mass is 315 g/mol. The molecule has 2 aromatic carbocycles. The minimum absolute atomic E-state index is 0.291. The Morgan fingerprint density at radius 2 is 1.82 bits per heavy atom. The Kier molecular flexibility index (Phi) is 4.96. The molecule has 0 saturated heterocycles. The molecule has 0 aromatic heterocycles. The van der Waals surface area contributed by atoms with Crippen LogP contribution in [0.5, 0.6) is 0 Å². The Morgan fingerprint density at radius 1 is 1.14 bits per heavy atom. The summed E-state index contributed by atoms with van der Waals surface area (Å²) < 4.78 is 0. The second-order valence-electron chi connectivity index (χ2n) is 4.72. The highest BCUT2D eigenvalue weighted by Crippen LogP contribution is 2.15. The Balaban J connectivity index is 2.08. The van der Waals surface area contributed by atoms with Crippen molar-refractivity contribution in [3.8, 4) is 0 Å². The lowest BCUT2D eigenvalue weighted by Gasteiger charge is -2.04. The number of amides is 1. The van der Waals surface area contributed by atoms with Crippen molar-refractivity contribution >= 4 is 34.7 Å². The predicted molar refractivity (Wildman–Crippen MR) is 86.9 cm³/mol. The van der Waals surface area contributed by atoms with Crippen molar-refractivity contribution in [3.63, 3.8) is 0 Å². The van der Waals surface area contributed by atoms with Gasteiger partial charge in [-0.1, -0.05) is 23.7 Å². The summed E-state index contributed by atoms with van der Waals surface area (Å²) in [6, 6.07) is 13.4. The number of halogens is 1. The zero-order valence-electron chi connectivity index (χ0n) is 11.8. The van der Waals surface area contributed by atoms with Crippen LogP contribution in [0.25, 0.3) is 5.76 Å². The molecule has 0 atom stereocenters. The van der Waals surface area contributed by atoms with Crippen LogP contribution in [0.15, 0.2) is 54.6 Å². The maximum absolute atomic E-state index is 11.8. The number of aliphatic hydroxyl groups is 1. The van der Waals surface area contributed by atoms with E-state index in [0.29, 0.717) is 16.3 Å². The highest BCUT2D eigenvalue weighted by molar-refractivity contribution is 6.45. The molecular formula is C17H14ClNO3. The van der Waals surface area contributed by atoms with Gasteiger partial charge in [0.1, 0.15) is 5.76 Å². The lowest BCUT2D eigenvalue weighted by molar-refractivity contribution is -0.131. The van der Waals surface area contributed by atoms with Crippen LogP contribution < -0.4 is 5.32 Å². The van der Waals surface area contributed by atoms with E-state index in [-0.39, 0.29) is 5.76 Å². The van der Waals surface area contributed by atoms with Crippen molar-refractivity contribution in [1.82, 2.24) is 0 Å². The molecule has 0 saturated carbocycles. The van der Waals surface area contributed by atoms with Crippen molar-refractivity contribution < 1.29 is 14.7 Å². The summed E-state index contributed by atoms with van der Waals surface area (Å²) in [6.07, 6.45) is 0.883. The maximum atomic E-state index is 11.8. The van der Waals surface area contributed by atoms with Crippen LogP contribution in [-0.4, -0.2) is 16.8 Å². The molecule has 0 fully saturated rings. The standard InChI is InChI=1S/C17H14ClNO3/c1-11-3-2-4-14(9-11)19-17(22)16(21)10-15(20)12-5-7-13(18)8-6-12/h2-10,20H,1H3,(H,19,22). The van der Waals surface area contributed by atoms with Crippen LogP contribution in [-0.2, 0) is 9.59 Å². The molecule has 0 spiro atoms. The molecule has 2 rings (SSSR count). The van der Waals surface area contributed by atoms with Crippen molar-refractivity contribution in [2.24, 2.45) is 0 Å². The summed E-state index contributed by atoms with van der Waals surface area (Å²) in [5, 5.41) is 12.9. The fourth-order valence-corrected chi connectivity index (χ4v) is 1.94. The van der Waals surface area contributed by atoms with Gasteiger partial charge in [0.05, 0.1) is 0 Å². The van der Waals surface area contributed by atoms with E-state index in [1.807, 2.05) is 13.0 Å². The van der Waals surface area contributed by atoms with Gasteiger partial charge in [-0.25, -0.2) is 0 Å². The highest BCUT2D eigenvalue weighted by atomic mass is 35.5. The van der Waals surface area contributed by atoms with E-state index in [9.17, 15) is 14.7 Å². The van der Waals surface area contributed by atoms with Crippen molar-refractivity contribution in [3.05, 3.63) is 70.8 Å². The molecule has 0 heterocycles. The predicted octanol–water partition coefficient (Wildman–Crippen LogP) is 3.76. The summed E-state index contributed by atoms with van der Waals surface area (Å²) in [5.74, 6) is -1.94. The largest absolute Gasteiger partial charge is 0.507 e. The Labute approximate surface area is 133 Å². The number of hydrogen-bond acceptors (Lipinski definition) is 3. The van der Waals surface area contributed by atoms with Gasteiger partial charge < -0.3 is 10.4 Å². The van der Waals surface area contributed by atoms with E-state index in [2.05, 4.69) is 5.32 Å². The van der Waals surface area contributed by atoms with Gasteiger partial charge in [0, 0.05) is 22.3 Å². The van der Waals surface area contributed by atoms with Crippen LogP contribution in [0.4, 0.5) is 5.69 Å².